The van der Waals surface area contributed by atoms with Crippen molar-refractivity contribution in [2.75, 3.05) is 19.2 Å². The summed E-state index contributed by atoms with van der Waals surface area (Å²) in [5.74, 6) is 1.40. The summed E-state index contributed by atoms with van der Waals surface area (Å²) in [6, 6.07) is 12.2. The van der Waals surface area contributed by atoms with E-state index in [1.165, 1.54) is 6.20 Å². The zero-order chi connectivity index (χ0) is 19.5. The molecule has 4 rings (SSSR count). The van der Waals surface area contributed by atoms with E-state index in [-0.39, 0.29) is 13.3 Å². The van der Waals surface area contributed by atoms with Gasteiger partial charge in [0.05, 0.1) is 19.0 Å². The smallest absolute Gasteiger partial charge is 0.365 e. The highest BCUT2D eigenvalue weighted by Gasteiger charge is 2.15. The number of carbonyl (C=O) groups excluding carboxylic acids is 1. The first-order valence-electron chi connectivity index (χ1n) is 8.40. The number of nitrogens with zero attached hydrogens (tertiary/aromatic N) is 3. The van der Waals surface area contributed by atoms with Crippen molar-refractivity contribution in [2.45, 2.75) is 6.54 Å². The lowest BCUT2D eigenvalue weighted by molar-refractivity contribution is -0.117. The zero-order valence-electron chi connectivity index (χ0n) is 14.9. The lowest BCUT2D eigenvalue weighted by atomic mass is 10.1. The second kappa shape index (κ2) is 7.39. The van der Waals surface area contributed by atoms with E-state index in [9.17, 15) is 9.59 Å². The van der Waals surface area contributed by atoms with Gasteiger partial charge in [-0.15, -0.1) is 0 Å². The molecular weight excluding hydrogens is 364 g/mol. The van der Waals surface area contributed by atoms with Crippen molar-refractivity contribution < 1.29 is 19.0 Å². The predicted octanol–water partition coefficient (Wildman–Crippen LogP) is 1.68. The maximum atomic E-state index is 12.3. The van der Waals surface area contributed by atoms with Crippen molar-refractivity contribution in [3.63, 3.8) is 0 Å². The maximum Gasteiger partial charge on any atom is 0.365 e. The number of amides is 1. The Bertz CT molecular complexity index is 1100. The molecule has 9 heteroatoms. The van der Waals surface area contributed by atoms with E-state index in [1.807, 2.05) is 0 Å². The maximum absolute atomic E-state index is 12.3. The fraction of sp³-hybridized carbons (Fsp3) is 0.158. The minimum absolute atomic E-state index is 0.150. The summed E-state index contributed by atoms with van der Waals surface area (Å²) in [6.07, 6.45) is 1.43. The molecule has 2 aromatic carbocycles. The molecular formula is C19H16N4O5. The number of benzene rings is 2. The topological polar surface area (TPSA) is 105 Å². The minimum atomic E-state index is -0.624. The quantitative estimate of drug-likeness (QED) is 0.718. The van der Waals surface area contributed by atoms with Gasteiger partial charge in [-0.1, -0.05) is 12.1 Å². The van der Waals surface area contributed by atoms with Crippen LogP contribution in [0.5, 0.6) is 17.2 Å². The second-order valence-electron chi connectivity index (χ2n) is 5.93. The Balaban J connectivity index is 1.47. The van der Waals surface area contributed by atoms with Gasteiger partial charge in [0.2, 0.25) is 12.7 Å². The first kappa shape index (κ1) is 17.5. The van der Waals surface area contributed by atoms with E-state index < -0.39 is 11.6 Å². The third kappa shape index (κ3) is 3.63. The Morgan fingerprint density at radius 2 is 2.07 bits per heavy atom. The number of methoxy groups -OCH3 is 1. The van der Waals surface area contributed by atoms with Gasteiger partial charge in [0, 0.05) is 17.3 Å². The van der Waals surface area contributed by atoms with Crippen LogP contribution in [0.2, 0.25) is 0 Å². The molecule has 0 atom stereocenters. The molecule has 0 radical (unpaired) electrons. The van der Waals surface area contributed by atoms with E-state index in [4.69, 9.17) is 14.2 Å². The number of rotatable bonds is 5. The van der Waals surface area contributed by atoms with E-state index in [0.717, 1.165) is 4.68 Å². The Morgan fingerprint density at radius 3 is 2.89 bits per heavy atom. The van der Waals surface area contributed by atoms with Crippen LogP contribution in [-0.2, 0) is 11.3 Å². The molecule has 3 aromatic rings. The molecule has 0 bridgehead atoms. The molecule has 2 heterocycles. The number of aromatic nitrogens is 3. The first-order chi connectivity index (χ1) is 13.6. The van der Waals surface area contributed by atoms with Gasteiger partial charge in [0.1, 0.15) is 12.3 Å². The predicted molar refractivity (Wildman–Crippen MR) is 99.5 cm³/mol. The normalized spacial score (nSPS) is 11.9. The minimum Gasteiger partial charge on any atom is -0.497 e. The number of fused-ring (bicyclic) bond motifs is 1. The fourth-order valence-electron chi connectivity index (χ4n) is 2.70. The molecule has 1 amide bonds. The van der Waals surface area contributed by atoms with Crippen molar-refractivity contribution in [3.05, 3.63) is 59.1 Å². The van der Waals surface area contributed by atoms with Gasteiger partial charge >= 0.3 is 5.69 Å². The Morgan fingerprint density at radius 1 is 1.21 bits per heavy atom. The van der Waals surface area contributed by atoms with Crippen molar-refractivity contribution >= 4 is 11.6 Å². The third-order valence-electron chi connectivity index (χ3n) is 4.07. The Labute approximate surface area is 159 Å². The molecule has 28 heavy (non-hydrogen) atoms. The first-order valence-corrected chi connectivity index (χ1v) is 8.40. The lowest BCUT2D eigenvalue weighted by Gasteiger charge is -2.08. The number of hydrogen-bond acceptors (Lipinski definition) is 7. The van der Waals surface area contributed by atoms with Crippen molar-refractivity contribution in [1.29, 1.82) is 0 Å². The Hall–Kier alpha value is -3.88. The van der Waals surface area contributed by atoms with Gasteiger partial charge in [0.25, 0.3) is 0 Å². The van der Waals surface area contributed by atoms with E-state index in [1.54, 1.807) is 49.6 Å². The summed E-state index contributed by atoms with van der Waals surface area (Å²) in [4.78, 5) is 28.5. The fourth-order valence-corrected chi connectivity index (χ4v) is 2.70. The summed E-state index contributed by atoms with van der Waals surface area (Å²) < 4.78 is 16.7. The van der Waals surface area contributed by atoms with E-state index in [2.05, 4.69) is 15.4 Å². The van der Waals surface area contributed by atoms with Gasteiger partial charge in [-0.2, -0.15) is 10.1 Å². The molecule has 1 aliphatic heterocycles. The molecule has 1 aromatic heterocycles. The lowest BCUT2D eigenvalue weighted by Crippen LogP contribution is -2.31. The van der Waals surface area contributed by atoms with Crippen molar-refractivity contribution in [1.82, 2.24) is 14.8 Å². The summed E-state index contributed by atoms with van der Waals surface area (Å²) in [7, 11) is 1.56. The van der Waals surface area contributed by atoms with Gasteiger partial charge < -0.3 is 19.5 Å². The van der Waals surface area contributed by atoms with Crippen LogP contribution in [0.4, 0.5) is 5.69 Å². The summed E-state index contributed by atoms with van der Waals surface area (Å²) in [5.41, 5.74) is 1.00. The molecule has 0 spiro atoms. The van der Waals surface area contributed by atoms with Gasteiger partial charge in [-0.05, 0) is 24.3 Å². The summed E-state index contributed by atoms with van der Waals surface area (Å²) in [5, 5.41) is 6.74. The second-order valence-corrected chi connectivity index (χ2v) is 5.93. The highest BCUT2D eigenvalue weighted by atomic mass is 16.7. The molecule has 0 saturated heterocycles. The highest BCUT2D eigenvalue weighted by molar-refractivity contribution is 5.90. The van der Waals surface area contributed by atoms with Crippen molar-refractivity contribution in [2.24, 2.45) is 0 Å². The number of ether oxygens (including phenoxy) is 3. The number of hydrogen-bond donors (Lipinski definition) is 1. The van der Waals surface area contributed by atoms with Gasteiger partial charge in [0.15, 0.2) is 11.5 Å². The molecule has 0 aliphatic carbocycles. The molecule has 0 saturated carbocycles. The highest BCUT2D eigenvalue weighted by Crippen LogP contribution is 2.34. The van der Waals surface area contributed by atoms with Gasteiger partial charge in [-0.3, -0.25) is 4.79 Å². The van der Waals surface area contributed by atoms with Crippen LogP contribution >= 0.6 is 0 Å². The third-order valence-corrected chi connectivity index (χ3v) is 4.07. The van der Waals surface area contributed by atoms with Crippen LogP contribution in [-0.4, -0.2) is 34.6 Å². The SMILES string of the molecule is COc1cccc(-c2cnn(CC(=O)Nc3ccc4c(c3)OCO4)c(=O)n2)c1. The molecule has 0 unspecified atom stereocenters. The number of anilines is 1. The molecule has 1 N–H and O–H groups in total. The zero-order valence-corrected chi connectivity index (χ0v) is 14.9. The monoisotopic (exact) mass is 380 g/mol. The molecule has 142 valence electrons. The van der Waals surface area contributed by atoms with Crippen LogP contribution in [0.25, 0.3) is 11.3 Å². The Kier molecular flexibility index (Phi) is 4.63. The van der Waals surface area contributed by atoms with E-state index in [0.29, 0.717) is 34.2 Å². The molecule has 0 fully saturated rings. The van der Waals surface area contributed by atoms with Gasteiger partial charge in [-0.25, -0.2) is 9.48 Å². The van der Waals surface area contributed by atoms with Crippen LogP contribution in [0.15, 0.2) is 53.5 Å². The number of carbonyl (C=O) groups is 1. The van der Waals surface area contributed by atoms with Crippen LogP contribution < -0.4 is 25.2 Å². The largest absolute Gasteiger partial charge is 0.497 e. The van der Waals surface area contributed by atoms with Crippen LogP contribution in [0, 0.1) is 0 Å². The van der Waals surface area contributed by atoms with Crippen molar-refractivity contribution in [3.8, 4) is 28.5 Å². The average Bonchev–Trinajstić information content (AvgIpc) is 3.17. The van der Waals surface area contributed by atoms with E-state index >= 15 is 0 Å². The standard InChI is InChI=1S/C19H16N4O5/c1-26-14-4-2-3-12(7-14)15-9-20-23(19(25)22-15)10-18(24)21-13-5-6-16-17(8-13)28-11-27-16/h2-9H,10-11H2,1H3,(H,21,24). The molecule has 1 aliphatic rings. The van der Waals surface area contributed by atoms with Crippen LogP contribution in [0.1, 0.15) is 0 Å². The summed E-state index contributed by atoms with van der Waals surface area (Å²) in [6.45, 7) is -0.115. The number of nitrogens with one attached hydrogen (secondary N) is 1. The van der Waals surface area contributed by atoms with Crippen LogP contribution in [0.3, 0.4) is 0 Å². The molecule has 9 nitrogen and oxygen atoms in total. The average molecular weight is 380 g/mol. The summed E-state index contributed by atoms with van der Waals surface area (Å²) >= 11 is 0.